The SMILES string of the molecule is CC(C)N1CCN2C(=O)c3ccccc3OCC[C@@H]3CCC[C@@H](CNC(=O)[C@@H]2C1)O3. The van der Waals surface area contributed by atoms with Gasteiger partial charge >= 0.3 is 0 Å². The number of carbonyl (C=O) groups excluding carboxylic acids is 2. The Morgan fingerprint density at radius 1 is 1.07 bits per heavy atom. The lowest BCUT2D eigenvalue weighted by Gasteiger charge is -2.42. The van der Waals surface area contributed by atoms with Crippen molar-refractivity contribution >= 4 is 11.8 Å². The molecule has 3 atom stereocenters. The fraction of sp³-hybridized carbons (Fsp3) is 0.652. The van der Waals surface area contributed by atoms with Crippen LogP contribution in [0, 0.1) is 0 Å². The van der Waals surface area contributed by atoms with Crippen LogP contribution >= 0.6 is 0 Å². The minimum atomic E-state index is -0.524. The maximum Gasteiger partial charge on any atom is 0.258 e. The zero-order chi connectivity index (χ0) is 21.1. The molecule has 0 unspecified atom stereocenters. The molecule has 2 amide bonds. The highest BCUT2D eigenvalue weighted by molar-refractivity contribution is 6.00. The van der Waals surface area contributed by atoms with E-state index in [0.29, 0.717) is 43.6 Å². The average molecular weight is 416 g/mol. The Labute approximate surface area is 178 Å². The quantitative estimate of drug-likeness (QED) is 0.760. The van der Waals surface area contributed by atoms with Crippen LogP contribution in [-0.4, -0.2) is 78.7 Å². The molecule has 7 heteroatoms. The van der Waals surface area contributed by atoms with Gasteiger partial charge < -0.3 is 19.7 Å². The highest BCUT2D eigenvalue weighted by atomic mass is 16.5. The highest BCUT2D eigenvalue weighted by Crippen LogP contribution is 2.26. The first kappa shape index (κ1) is 21.1. The van der Waals surface area contributed by atoms with Crippen molar-refractivity contribution in [1.29, 1.82) is 0 Å². The van der Waals surface area contributed by atoms with Gasteiger partial charge in [0.05, 0.1) is 24.4 Å². The first-order valence-electron chi connectivity index (χ1n) is 11.2. The molecule has 0 aliphatic carbocycles. The van der Waals surface area contributed by atoms with Crippen LogP contribution in [0.1, 0.15) is 49.9 Å². The third-order valence-corrected chi connectivity index (χ3v) is 6.46. The van der Waals surface area contributed by atoms with Crippen molar-refractivity contribution in [2.24, 2.45) is 0 Å². The number of benzene rings is 1. The third-order valence-electron chi connectivity index (χ3n) is 6.46. The molecule has 4 rings (SSSR count). The molecule has 1 aromatic carbocycles. The summed E-state index contributed by atoms with van der Waals surface area (Å²) < 4.78 is 12.2. The maximum atomic E-state index is 13.5. The van der Waals surface area contributed by atoms with Gasteiger partial charge in [0.2, 0.25) is 5.91 Å². The van der Waals surface area contributed by atoms with Crippen LogP contribution in [0.15, 0.2) is 24.3 Å². The van der Waals surface area contributed by atoms with Crippen LogP contribution in [-0.2, 0) is 9.53 Å². The predicted molar refractivity (Wildman–Crippen MR) is 114 cm³/mol. The van der Waals surface area contributed by atoms with E-state index in [0.717, 1.165) is 32.2 Å². The fourth-order valence-corrected chi connectivity index (χ4v) is 4.64. The Morgan fingerprint density at radius 3 is 2.70 bits per heavy atom. The first-order valence-corrected chi connectivity index (χ1v) is 11.2. The van der Waals surface area contributed by atoms with E-state index in [1.165, 1.54) is 0 Å². The van der Waals surface area contributed by atoms with Crippen LogP contribution in [0.4, 0.5) is 0 Å². The van der Waals surface area contributed by atoms with E-state index < -0.39 is 6.04 Å². The van der Waals surface area contributed by atoms with Gasteiger partial charge in [0.1, 0.15) is 11.8 Å². The molecule has 0 aromatic heterocycles. The summed E-state index contributed by atoms with van der Waals surface area (Å²) in [5, 5.41) is 3.08. The second-order valence-electron chi connectivity index (χ2n) is 8.79. The van der Waals surface area contributed by atoms with Gasteiger partial charge in [-0.05, 0) is 45.2 Å². The Balaban J connectivity index is 1.63. The molecule has 3 aliphatic rings. The molecule has 1 N–H and O–H groups in total. The molecule has 2 bridgehead atoms. The summed E-state index contributed by atoms with van der Waals surface area (Å²) in [6.07, 6.45) is 3.99. The first-order chi connectivity index (χ1) is 14.5. The van der Waals surface area contributed by atoms with E-state index >= 15 is 0 Å². The van der Waals surface area contributed by atoms with Gasteiger partial charge in [0.25, 0.3) is 5.91 Å². The molecule has 1 aromatic rings. The van der Waals surface area contributed by atoms with Crippen LogP contribution in [0.3, 0.4) is 0 Å². The van der Waals surface area contributed by atoms with Crippen LogP contribution in [0.5, 0.6) is 5.75 Å². The third kappa shape index (κ3) is 4.62. The van der Waals surface area contributed by atoms with Gasteiger partial charge in [0, 0.05) is 38.6 Å². The molecule has 3 aliphatic heterocycles. The number of amides is 2. The summed E-state index contributed by atoms with van der Waals surface area (Å²) >= 11 is 0. The highest BCUT2D eigenvalue weighted by Gasteiger charge is 2.37. The largest absolute Gasteiger partial charge is 0.493 e. The zero-order valence-corrected chi connectivity index (χ0v) is 18.0. The number of para-hydroxylation sites is 1. The Morgan fingerprint density at radius 2 is 1.87 bits per heavy atom. The van der Waals surface area contributed by atoms with Crippen LogP contribution in [0.25, 0.3) is 0 Å². The molecule has 2 fully saturated rings. The molecular weight excluding hydrogens is 382 g/mol. The average Bonchev–Trinajstić information content (AvgIpc) is 2.76. The topological polar surface area (TPSA) is 71.1 Å². The van der Waals surface area contributed by atoms with Gasteiger partial charge in [-0.1, -0.05) is 12.1 Å². The smallest absolute Gasteiger partial charge is 0.258 e. The fourth-order valence-electron chi connectivity index (χ4n) is 4.64. The number of rotatable bonds is 1. The number of hydrogen-bond acceptors (Lipinski definition) is 5. The van der Waals surface area contributed by atoms with Gasteiger partial charge in [-0.3, -0.25) is 14.5 Å². The Bertz CT molecular complexity index is 769. The number of nitrogens with one attached hydrogen (secondary N) is 1. The van der Waals surface area contributed by atoms with Gasteiger partial charge in [0.15, 0.2) is 0 Å². The van der Waals surface area contributed by atoms with E-state index in [2.05, 4.69) is 24.1 Å². The molecule has 0 saturated carbocycles. The molecule has 30 heavy (non-hydrogen) atoms. The Hall–Kier alpha value is -2.12. The summed E-state index contributed by atoms with van der Waals surface area (Å²) in [6, 6.07) is 7.15. The molecule has 164 valence electrons. The van der Waals surface area contributed by atoms with Crippen molar-refractivity contribution in [3.8, 4) is 5.75 Å². The summed E-state index contributed by atoms with van der Waals surface area (Å²) in [6.45, 7) is 7.06. The number of hydrogen-bond donors (Lipinski definition) is 1. The van der Waals surface area contributed by atoms with Gasteiger partial charge in [-0.25, -0.2) is 0 Å². The number of carbonyl (C=O) groups is 2. The molecule has 3 heterocycles. The number of ether oxygens (including phenoxy) is 2. The maximum absolute atomic E-state index is 13.5. The number of nitrogens with zero attached hydrogens (tertiary/aromatic N) is 2. The van der Waals surface area contributed by atoms with E-state index in [9.17, 15) is 9.59 Å². The van der Waals surface area contributed by atoms with Crippen LogP contribution < -0.4 is 10.1 Å². The second kappa shape index (κ2) is 9.35. The van der Waals surface area contributed by atoms with E-state index in [1.807, 2.05) is 18.2 Å². The lowest BCUT2D eigenvalue weighted by Crippen LogP contribution is -2.62. The van der Waals surface area contributed by atoms with Gasteiger partial charge in [-0.2, -0.15) is 0 Å². The van der Waals surface area contributed by atoms with E-state index in [4.69, 9.17) is 9.47 Å². The van der Waals surface area contributed by atoms with Crippen molar-refractivity contribution in [3.63, 3.8) is 0 Å². The van der Waals surface area contributed by atoms with Crippen molar-refractivity contribution in [1.82, 2.24) is 15.1 Å². The Kier molecular flexibility index (Phi) is 6.58. The molecular formula is C23H33N3O4. The molecule has 0 spiro atoms. The lowest BCUT2D eigenvalue weighted by atomic mass is 10.0. The van der Waals surface area contributed by atoms with E-state index in [-0.39, 0.29) is 24.0 Å². The molecule has 2 saturated heterocycles. The standard InChI is InChI=1S/C23H33N3O4/c1-16(2)25-11-12-26-20(15-25)22(27)24-14-18-7-5-6-17(30-18)10-13-29-21-9-4-3-8-19(21)23(26)28/h3-4,8-9,16-18,20H,5-7,10-15H2,1-2H3,(H,24,27)/t17-,18-,20-/m0/s1. The second-order valence-corrected chi connectivity index (χ2v) is 8.79. The lowest BCUT2D eigenvalue weighted by molar-refractivity contribution is -0.129. The van der Waals surface area contributed by atoms with Crippen molar-refractivity contribution < 1.29 is 19.1 Å². The summed E-state index contributed by atoms with van der Waals surface area (Å²) in [5.41, 5.74) is 0.521. The summed E-state index contributed by atoms with van der Waals surface area (Å²) in [7, 11) is 0. The minimum absolute atomic E-state index is 0.0249. The molecule has 7 nitrogen and oxygen atoms in total. The summed E-state index contributed by atoms with van der Waals surface area (Å²) in [5.74, 6) is 0.343. The van der Waals surface area contributed by atoms with E-state index in [1.54, 1.807) is 11.0 Å². The van der Waals surface area contributed by atoms with Crippen molar-refractivity contribution in [2.45, 2.75) is 63.8 Å². The van der Waals surface area contributed by atoms with Crippen molar-refractivity contribution in [2.75, 3.05) is 32.8 Å². The number of fused-ring (bicyclic) bond motifs is 4. The van der Waals surface area contributed by atoms with Crippen LogP contribution in [0.2, 0.25) is 0 Å². The van der Waals surface area contributed by atoms with Gasteiger partial charge in [-0.15, -0.1) is 0 Å². The predicted octanol–water partition coefficient (Wildman–Crippen LogP) is 2.06. The zero-order valence-electron chi connectivity index (χ0n) is 18.0. The monoisotopic (exact) mass is 415 g/mol. The van der Waals surface area contributed by atoms with Crippen molar-refractivity contribution in [3.05, 3.63) is 29.8 Å². The normalized spacial score (nSPS) is 28.8. The minimum Gasteiger partial charge on any atom is -0.493 e. The molecule has 0 radical (unpaired) electrons. The number of piperazine rings is 1. The summed E-state index contributed by atoms with van der Waals surface area (Å²) in [4.78, 5) is 30.6.